The lowest BCUT2D eigenvalue weighted by molar-refractivity contribution is -0.161. The Morgan fingerprint density at radius 1 is 1.17 bits per heavy atom. The smallest absolute Gasteiger partial charge is 0.396 e. The molecule has 2 atom stereocenters. The van der Waals surface area contributed by atoms with E-state index in [4.69, 9.17) is 4.74 Å². The Morgan fingerprint density at radius 2 is 1.83 bits per heavy atom. The highest BCUT2D eigenvalue weighted by Gasteiger charge is 2.39. The number of benzene rings is 1. The fourth-order valence-electron chi connectivity index (χ4n) is 3.17. The SMILES string of the molecule is COC(=O)C(=O)N1CCC[C@H]1C(=O)N[C@@H](Cc1ccccc1)C(=O)OC(C)(C)C. The van der Waals surface area contributed by atoms with E-state index in [0.717, 1.165) is 12.7 Å². The van der Waals surface area contributed by atoms with Gasteiger partial charge in [0.05, 0.1) is 7.11 Å². The van der Waals surface area contributed by atoms with Crippen LogP contribution in [0.3, 0.4) is 0 Å². The van der Waals surface area contributed by atoms with E-state index in [-0.39, 0.29) is 13.0 Å². The van der Waals surface area contributed by atoms with Gasteiger partial charge in [-0.25, -0.2) is 9.59 Å². The summed E-state index contributed by atoms with van der Waals surface area (Å²) in [6, 6.07) is 7.51. The Kier molecular flexibility index (Phi) is 7.36. The Morgan fingerprint density at radius 3 is 2.41 bits per heavy atom. The van der Waals surface area contributed by atoms with Gasteiger partial charge in [-0.2, -0.15) is 0 Å². The second-order valence-corrected chi connectivity index (χ2v) is 7.93. The van der Waals surface area contributed by atoms with E-state index in [2.05, 4.69) is 10.1 Å². The number of rotatable bonds is 5. The summed E-state index contributed by atoms with van der Waals surface area (Å²) in [5.74, 6) is -2.93. The van der Waals surface area contributed by atoms with Gasteiger partial charge in [0.1, 0.15) is 17.7 Å². The molecule has 0 unspecified atom stereocenters. The fourth-order valence-corrected chi connectivity index (χ4v) is 3.17. The summed E-state index contributed by atoms with van der Waals surface area (Å²) in [6.07, 6.45) is 1.23. The number of amides is 2. The van der Waals surface area contributed by atoms with Crippen molar-refractivity contribution >= 4 is 23.8 Å². The minimum atomic E-state index is -1.02. The van der Waals surface area contributed by atoms with Crippen LogP contribution in [0.5, 0.6) is 0 Å². The van der Waals surface area contributed by atoms with Gasteiger partial charge in [-0.3, -0.25) is 9.59 Å². The van der Waals surface area contributed by atoms with Crippen molar-refractivity contribution in [3.63, 3.8) is 0 Å². The summed E-state index contributed by atoms with van der Waals surface area (Å²) in [7, 11) is 1.11. The molecule has 2 rings (SSSR count). The molecule has 158 valence electrons. The van der Waals surface area contributed by atoms with Crippen molar-refractivity contribution in [2.75, 3.05) is 13.7 Å². The number of esters is 2. The third-order valence-corrected chi connectivity index (χ3v) is 4.47. The van der Waals surface area contributed by atoms with Crippen molar-refractivity contribution in [3.8, 4) is 0 Å². The van der Waals surface area contributed by atoms with E-state index < -0.39 is 41.4 Å². The third-order valence-electron chi connectivity index (χ3n) is 4.47. The highest BCUT2D eigenvalue weighted by Crippen LogP contribution is 2.19. The van der Waals surface area contributed by atoms with Gasteiger partial charge in [-0.05, 0) is 39.2 Å². The van der Waals surface area contributed by atoms with Gasteiger partial charge in [-0.15, -0.1) is 0 Å². The monoisotopic (exact) mass is 404 g/mol. The lowest BCUT2D eigenvalue weighted by atomic mass is 10.0. The molecule has 0 radical (unpaired) electrons. The minimum absolute atomic E-state index is 0.249. The Balaban J connectivity index is 2.16. The molecular formula is C21H28N2O6. The number of hydrogen-bond donors (Lipinski definition) is 1. The van der Waals surface area contributed by atoms with Crippen molar-refractivity contribution in [1.29, 1.82) is 0 Å². The summed E-state index contributed by atoms with van der Waals surface area (Å²) >= 11 is 0. The number of carbonyl (C=O) groups excluding carboxylic acids is 4. The molecule has 29 heavy (non-hydrogen) atoms. The van der Waals surface area contributed by atoms with Crippen LogP contribution in [0.4, 0.5) is 0 Å². The van der Waals surface area contributed by atoms with E-state index >= 15 is 0 Å². The van der Waals surface area contributed by atoms with Gasteiger partial charge in [0.2, 0.25) is 5.91 Å². The first-order valence-electron chi connectivity index (χ1n) is 9.58. The molecule has 0 bridgehead atoms. The van der Waals surface area contributed by atoms with E-state index in [0.29, 0.717) is 12.8 Å². The Labute approximate surface area is 170 Å². The maximum Gasteiger partial charge on any atom is 0.396 e. The Bertz CT molecular complexity index is 756. The third kappa shape index (κ3) is 6.30. The number of nitrogens with one attached hydrogen (secondary N) is 1. The van der Waals surface area contributed by atoms with Crippen molar-refractivity contribution in [2.24, 2.45) is 0 Å². The second-order valence-electron chi connectivity index (χ2n) is 7.93. The first-order chi connectivity index (χ1) is 13.6. The van der Waals surface area contributed by atoms with Crippen LogP contribution in [0.2, 0.25) is 0 Å². The normalized spacial score (nSPS) is 17.4. The van der Waals surface area contributed by atoms with Gasteiger partial charge in [-0.1, -0.05) is 30.3 Å². The number of ether oxygens (including phenoxy) is 2. The van der Waals surface area contributed by atoms with Crippen LogP contribution in [0.15, 0.2) is 30.3 Å². The van der Waals surface area contributed by atoms with Gasteiger partial charge in [0.25, 0.3) is 0 Å². The molecule has 2 amide bonds. The van der Waals surface area contributed by atoms with Crippen molar-refractivity contribution in [2.45, 2.75) is 57.7 Å². The largest absolute Gasteiger partial charge is 0.462 e. The first kappa shape index (κ1) is 22.4. The Hall–Kier alpha value is -2.90. The zero-order valence-electron chi connectivity index (χ0n) is 17.3. The summed E-state index contributed by atoms with van der Waals surface area (Å²) < 4.78 is 9.93. The van der Waals surface area contributed by atoms with E-state index in [9.17, 15) is 19.2 Å². The molecule has 0 saturated carbocycles. The molecule has 0 aromatic heterocycles. The molecule has 1 aliphatic rings. The summed E-state index contributed by atoms with van der Waals surface area (Å²) in [6.45, 7) is 5.53. The molecule has 1 fully saturated rings. The first-order valence-corrected chi connectivity index (χ1v) is 9.58. The fraction of sp³-hybridized carbons (Fsp3) is 0.524. The molecule has 8 nitrogen and oxygen atoms in total. The topological polar surface area (TPSA) is 102 Å². The lowest BCUT2D eigenvalue weighted by Crippen LogP contribution is -2.53. The molecule has 1 heterocycles. The molecule has 0 aliphatic carbocycles. The van der Waals surface area contributed by atoms with Crippen LogP contribution < -0.4 is 5.32 Å². The molecule has 1 aromatic rings. The summed E-state index contributed by atoms with van der Waals surface area (Å²) in [4.78, 5) is 50.5. The number of hydrogen-bond acceptors (Lipinski definition) is 6. The van der Waals surface area contributed by atoms with Crippen molar-refractivity contribution < 1.29 is 28.7 Å². The minimum Gasteiger partial charge on any atom is -0.462 e. The van der Waals surface area contributed by atoms with Crippen LogP contribution in [-0.4, -0.2) is 60.0 Å². The molecular weight excluding hydrogens is 376 g/mol. The predicted octanol–water partition coefficient (Wildman–Crippen LogP) is 1.22. The van der Waals surface area contributed by atoms with Crippen LogP contribution >= 0.6 is 0 Å². The van der Waals surface area contributed by atoms with Gasteiger partial charge < -0.3 is 19.7 Å². The van der Waals surface area contributed by atoms with E-state index in [1.807, 2.05) is 30.3 Å². The van der Waals surface area contributed by atoms with Crippen LogP contribution in [0.1, 0.15) is 39.2 Å². The average molecular weight is 404 g/mol. The van der Waals surface area contributed by atoms with Crippen LogP contribution in [0.25, 0.3) is 0 Å². The average Bonchev–Trinajstić information content (AvgIpc) is 3.15. The summed E-state index contributed by atoms with van der Waals surface area (Å²) in [5.41, 5.74) is 0.148. The standard InChI is InChI=1S/C21H28N2O6/c1-21(2,3)29-19(26)15(13-14-9-6-5-7-10-14)22-17(24)16-11-8-12-23(16)18(25)20(27)28-4/h5-7,9-10,15-16H,8,11-13H2,1-4H3,(H,22,24)/t15-,16-/m0/s1. The molecule has 0 spiro atoms. The van der Waals surface area contributed by atoms with E-state index in [1.54, 1.807) is 20.8 Å². The molecule has 1 saturated heterocycles. The number of nitrogens with zero attached hydrogens (tertiary/aromatic N) is 1. The molecule has 1 N–H and O–H groups in total. The quantitative estimate of drug-likeness (QED) is 0.585. The van der Waals surface area contributed by atoms with Crippen molar-refractivity contribution in [1.82, 2.24) is 10.2 Å². The second kappa shape index (κ2) is 9.54. The van der Waals surface area contributed by atoms with Crippen LogP contribution in [-0.2, 0) is 35.1 Å². The maximum absolute atomic E-state index is 12.9. The highest BCUT2D eigenvalue weighted by molar-refractivity contribution is 6.32. The number of methoxy groups -OCH3 is 1. The van der Waals surface area contributed by atoms with Gasteiger partial charge in [0, 0.05) is 13.0 Å². The van der Waals surface area contributed by atoms with E-state index in [1.165, 1.54) is 4.90 Å². The lowest BCUT2D eigenvalue weighted by Gasteiger charge is -2.27. The zero-order chi connectivity index (χ0) is 21.6. The molecule has 8 heteroatoms. The van der Waals surface area contributed by atoms with Crippen molar-refractivity contribution in [3.05, 3.63) is 35.9 Å². The molecule has 1 aliphatic heterocycles. The zero-order valence-corrected chi connectivity index (χ0v) is 17.3. The number of likely N-dealkylation sites (tertiary alicyclic amines) is 1. The van der Waals surface area contributed by atoms with Gasteiger partial charge in [0.15, 0.2) is 0 Å². The van der Waals surface area contributed by atoms with Gasteiger partial charge >= 0.3 is 17.8 Å². The van der Waals surface area contributed by atoms with Crippen LogP contribution in [0, 0.1) is 0 Å². The summed E-state index contributed by atoms with van der Waals surface area (Å²) in [5, 5.41) is 2.71. The predicted molar refractivity (Wildman–Crippen MR) is 105 cm³/mol. The highest BCUT2D eigenvalue weighted by atomic mass is 16.6. The molecule has 1 aromatic carbocycles. The number of carbonyl (C=O) groups is 4. The maximum atomic E-state index is 12.9.